The third kappa shape index (κ3) is 3.81. The predicted octanol–water partition coefficient (Wildman–Crippen LogP) is 0.620. The number of nitrogens with one attached hydrogen (secondary N) is 1. The zero-order valence-electron chi connectivity index (χ0n) is 10.3. The molecule has 0 aliphatic carbocycles. The fraction of sp³-hybridized carbons (Fsp3) is 0.818. The number of carbonyl (C=O) groups excluding carboxylic acids is 1. The predicted molar refractivity (Wildman–Crippen MR) is 59.9 cm³/mol. The molecule has 16 heavy (non-hydrogen) atoms. The van der Waals surface area contributed by atoms with Crippen LogP contribution in [0.2, 0.25) is 0 Å². The molecule has 0 aliphatic rings. The second kappa shape index (κ2) is 5.84. The maximum absolute atomic E-state index is 11.6. The van der Waals surface area contributed by atoms with E-state index in [1.54, 1.807) is 27.7 Å². The first-order chi connectivity index (χ1) is 7.24. The lowest BCUT2D eigenvalue weighted by molar-refractivity contribution is -0.153. The number of hydrogen-bond donors (Lipinski definition) is 3. The Labute approximate surface area is 95.9 Å². The van der Waals surface area contributed by atoms with Crippen molar-refractivity contribution in [3.63, 3.8) is 0 Å². The minimum Gasteiger partial charge on any atom is -0.481 e. The minimum absolute atomic E-state index is 0.0790. The Morgan fingerprint density at radius 3 is 2.12 bits per heavy atom. The summed E-state index contributed by atoms with van der Waals surface area (Å²) in [5.74, 6) is -1.46. The fourth-order valence-electron chi connectivity index (χ4n) is 1.23. The van der Waals surface area contributed by atoms with Crippen molar-refractivity contribution in [3.8, 4) is 0 Å². The van der Waals surface area contributed by atoms with Crippen molar-refractivity contribution in [1.82, 2.24) is 5.32 Å². The zero-order valence-corrected chi connectivity index (χ0v) is 10.3. The van der Waals surface area contributed by atoms with Gasteiger partial charge < -0.3 is 15.5 Å². The number of hydrogen-bond acceptors (Lipinski definition) is 3. The van der Waals surface area contributed by atoms with Gasteiger partial charge in [0.1, 0.15) is 0 Å². The lowest BCUT2D eigenvalue weighted by Gasteiger charge is -2.28. The molecule has 94 valence electrons. The van der Waals surface area contributed by atoms with E-state index in [1.807, 2.05) is 0 Å². The van der Waals surface area contributed by atoms with Gasteiger partial charge in [-0.05, 0) is 19.8 Å². The molecule has 5 heteroatoms. The summed E-state index contributed by atoms with van der Waals surface area (Å²) in [4.78, 5) is 22.7. The van der Waals surface area contributed by atoms with Crippen LogP contribution in [0.25, 0.3) is 0 Å². The standard InChI is InChI=1S/C11H21NO4/c1-7(2)11(4,10(15)16)5-9(14)12-8(3)6-13/h7-8,13H,5-6H2,1-4H3,(H,12,14)(H,15,16)/t8-,11?/m1/s1. The van der Waals surface area contributed by atoms with E-state index >= 15 is 0 Å². The van der Waals surface area contributed by atoms with Crippen molar-refractivity contribution in [2.45, 2.75) is 40.2 Å². The van der Waals surface area contributed by atoms with Crippen LogP contribution in [-0.2, 0) is 9.59 Å². The Balaban J connectivity index is 4.54. The molecular formula is C11H21NO4. The van der Waals surface area contributed by atoms with Gasteiger partial charge >= 0.3 is 5.97 Å². The third-order valence-electron chi connectivity index (χ3n) is 2.97. The van der Waals surface area contributed by atoms with Gasteiger partial charge in [-0.1, -0.05) is 13.8 Å². The average molecular weight is 231 g/mol. The van der Waals surface area contributed by atoms with Crippen molar-refractivity contribution in [1.29, 1.82) is 0 Å². The number of aliphatic carboxylic acids is 1. The van der Waals surface area contributed by atoms with Crippen molar-refractivity contribution in [2.24, 2.45) is 11.3 Å². The second-order valence-corrected chi connectivity index (χ2v) is 4.71. The quantitative estimate of drug-likeness (QED) is 0.625. The minimum atomic E-state index is -1.07. The SMILES string of the molecule is CC(C)C(C)(CC(=O)N[C@H](C)CO)C(=O)O. The van der Waals surface area contributed by atoms with Gasteiger partial charge in [-0.15, -0.1) is 0 Å². The van der Waals surface area contributed by atoms with Crippen LogP contribution in [0.5, 0.6) is 0 Å². The molecule has 0 aromatic heterocycles. The van der Waals surface area contributed by atoms with E-state index in [2.05, 4.69) is 5.32 Å². The molecule has 2 atom stereocenters. The van der Waals surface area contributed by atoms with Crippen LogP contribution in [0.4, 0.5) is 0 Å². The molecule has 3 N–H and O–H groups in total. The van der Waals surface area contributed by atoms with Crippen LogP contribution >= 0.6 is 0 Å². The van der Waals surface area contributed by atoms with Crippen LogP contribution in [0, 0.1) is 11.3 Å². The summed E-state index contributed by atoms with van der Waals surface area (Å²) >= 11 is 0. The molecule has 0 aromatic carbocycles. The van der Waals surface area contributed by atoms with Gasteiger partial charge in [0.2, 0.25) is 5.91 Å². The molecule has 0 bridgehead atoms. The van der Waals surface area contributed by atoms with Crippen LogP contribution in [0.15, 0.2) is 0 Å². The Hall–Kier alpha value is -1.10. The first-order valence-electron chi connectivity index (χ1n) is 5.37. The van der Waals surface area contributed by atoms with E-state index in [1.165, 1.54) is 0 Å². The van der Waals surface area contributed by atoms with E-state index in [-0.39, 0.29) is 30.9 Å². The van der Waals surface area contributed by atoms with E-state index in [0.717, 1.165) is 0 Å². The molecule has 0 spiro atoms. The summed E-state index contributed by atoms with van der Waals surface area (Å²) in [6.45, 7) is 6.61. The molecule has 1 amide bonds. The maximum Gasteiger partial charge on any atom is 0.310 e. The molecule has 0 aliphatic heterocycles. The Morgan fingerprint density at radius 2 is 1.81 bits per heavy atom. The van der Waals surface area contributed by atoms with Crippen molar-refractivity contribution >= 4 is 11.9 Å². The van der Waals surface area contributed by atoms with Gasteiger partial charge in [-0.25, -0.2) is 0 Å². The number of amides is 1. The highest BCUT2D eigenvalue weighted by Crippen LogP contribution is 2.31. The first kappa shape index (κ1) is 14.9. The summed E-state index contributed by atoms with van der Waals surface area (Å²) in [6.07, 6.45) is -0.0790. The number of carbonyl (C=O) groups is 2. The molecule has 0 fully saturated rings. The van der Waals surface area contributed by atoms with Gasteiger partial charge in [0.15, 0.2) is 0 Å². The zero-order chi connectivity index (χ0) is 12.9. The van der Waals surface area contributed by atoms with Crippen LogP contribution < -0.4 is 5.32 Å². The Bertz CT molecular complexity index is 265. The molecule has 5 nitrogen and oxygen atoms in total. The monoisotopic (exact) mass is 231 g/mol. The highest BCUT2D eigenvalue weighted by Gasteiger charge is 2.38. The van der Waals surface area contributed by atoms with Crippen LogP contribution in [0.3, 0.4) is 0 Å². The highest BCUT2D eigenvalue weighted by molar-refractivity contribution is 5.85. The third-order valence-corrected chi connectivity index (χ3v) is 2.97. The first-order valence-corrected chi connectivity index (χ1v) is 5.37. The van der Waals surface area contributed by atoms with Gasteiger partial charge in [-0.2, -0.15) is 0 Å². The normalized spacial score (nSPS) is 16.6. The summed E-state index contributed by atoms with van der Waals surface area (Å²) in [5.41, 5.74) is -1.07. The van der Waals surface area contributed by atoms with E-state index in [4.69, 9.17) is 10.2 Å². The second-order valence-electron chi connectivity index (χ2n) is 4.71. The lowest BCUT2D eigenvalue weighted by Crippen LogP contribution is -2.42. The summed E-state index contributed by atoms with van der Waals surface area (Å²) in [6, 6.07) is -0.349. The molecule has 0 radical (unpaired) electrons. The van der Waals surface area contributed by atoms with E-state index in [0.29, 0.717) is 0 Å². The van der Waals surface area contributed by atoms with Crippen LogP contribution in [-0.4, -0.2) is 34.7 Å². The molecule has 0 rings (SSSR count). The lowest BCUT2D eigenvalue weighted by atomic mass is 9.76. The smallest absolute Gasteiger partial charge is 0.310 e. The maximum atomic E-state index is 11.6. The van der Waals surface area contributed by atoms with Gasteiger partial charge in [0, 0.05) is 12.5 Å². The summed E-state index contributed by atoms with van der Waals surface area (Å²) in [5, 5.41) is 20.4. The van der Waals surface area contributed by atoms with Gasteiger partial charge in [0.05, 0.1) is 12.0 Å². The fourth-order valence-corrected chi connectivity index (χ4v) is 1.23. The average Bonchev–Trinajstić information content (AvgIpc) is 2.16. The summed E-state index contributed by atoms with van der Waals surface area (Å²) < 4.78 is 0. The number of aliphatic hydroxyl groups excluding tert-OH is 1. The van der Waals surface area contributed by atoms with Crippen LogP contribution in [0.1, 0.15) is 34.1 Å². The molecule has 0 saturated carbocycles. The Kier molecular flexibility index (Phi) is 5.44. The molecule has 1 unspecified atom stereocenters. The van der Waals surface area contributed by atoms with Crippen molar-refractivity contribution in [3.05, 3.63) is 0 Å². The van der Waals surface area contributed by atoms with Gasteiger partial charge in [-0.3, -0.25) is 9.59 Å². The number of aliphatic hydroxyl groups is 1. The molecule has 0 aromatic rings. The topological polar surface area (TPSA) is 86.6 Å². The number of carboxylic acids is 1. The highest BCUT2D eigenvalue weighted by atomic mass is 16.4. The Morgan fingerprint density at radius 1 is 1.31 bits per heavy atom. The molecule has 0 saturated heterocycles. The van der Waals surface area contributed by atoms with E-state index in [9.17, 15) is 9.59 Å². The number of carboxylic acid groups (broad SMARTS) is 1. The molecular weight excluding hydrogens is 210 g/mol. The van der Waals surface area contributed by atoms with Gasteiger partial charge in [0.25, 0.3) is 0 Å². The largest absolute Gasteiger partial charge is 0.481 e. The van der Waals surface area contributed by atoms with Crippen molar-refractivity contribution < 1.29 is 19.8 Å². The molecule has 0 heterocycles. The van der Waals surface area contributed by atoms with E-state index < -0.39 is 11.4 Å². The van der Waals surface area contributed by atoms with Crippen molar-refractivity contribution in [2.75, 3.05) is 6.61 Å². The summed E-state index contributed by atoms with van der Waals surface area (Å²) in [7, 11) is 0. The number of rotatable bonds is 6.